The molecule has 160 valence electrons. The van der Waals surface area contributed by atoms with Crippen LogP contribution in [0.1, 0.15) is 24.9 Å². The number of carbonyl (C=O) groups is 1. The van der Waals surface area contributed by atoms with Crippen molar-refractivity contribution in [3.05, 3.63) is 54.4 Å². The highest BCUT2D eigenvalue weighted by Gasteiger charge is 2.27. The van der Waals surface area contributed by atoms with Gasteiger partial charge in [0.2, 0.25) is 0 Å². The van der Waals surface area contributed by atoms with Crippen molar-refractivity contribution in [2.75, 3.05) is 19.0 Å². The average Bonchev–Trinajstić information content (AvgIpc) is 3.13. The molecule has 1 aromatic carbocycles. The molecule has 2 amide bonds. The van der Waals surface area contributed by atoms with Gasteiger partial charge in [-0.15, -0.1) is 0 Å². The molecule has 0 aliphatic rings. The van der Waals surface area contributed by atoms with Crippen LogP contribution in [0, 0.1) is 0 Å². The molecule has 3 N–H and O–H groups in total. The standard InChI is InChI=1S/C20H22F3N5O2/c1-3-16(27-30-2)13-7-8-28-17(11-24-18(28)10-13)14-5-4-6-15(9-14)26-19(29)25-12-20(21,22)23/h4-11,16,27H,3,12H2,1-2H3,(H2,25,26,29). The Labute approximate surface area is 171 Å². The minimum Gasteiger partial charge on any atom is -0.329 e. The van der Waals surface area contributed by atoms with Gasteiger partial charge in [0.1, 0.15) is 12.2 Å². The van der Waals surface area contributed by atoms with Crippen LogP contribution in [0.15, 0.2) is 48.8 Å². The number of rotatable bonds is 7. The average molecular weight is 421 g/mol. The molecule has 1 unspecified atom stereocenters. The molecule has 0 fully saturated rings. The molecule has 1 atom stereocenters. The maximum absolute atomic E-state index is 12.2. The second kappa shape index (κ2) is 9.14. The van der Waals surface area contributed by atoms with Crippen LogP contribution in [-0.2, 0) is 4.84 Å². The van der Waals surface area contributed by atoms with Crippen LogP contribution in [0.5, 0.6) is 0 Å². The van der Waals surface area contributed by atoms with Gasteiger partial charge in [0, 0.05) is 17.4 Å². The third-order valence-electron chi connectivity index (χ3n) is 4.47. The Morgan fingerprint density at radius 2 is 2.07 bits per heavy atom. The van der Waals surface area contributed by atoms with Crippen molar-refractivity contribution in [3.8, 4) is 11.3 Å². The number of anilines is 1. The molecule has 0 radical (unpaired) electrons. The zero-order valence-electron chi connectivity index (χ0n) is 16.5. The minimum absolute atomic E-state index is 0.0305. The Morgan fingerprint density at radius 3 is 2.77 bits per heavy atom. The fourth-order valence-electron chi connectivity index (χ4n) is 3.07. The first-order valence-electron chi connectivity index (χ1n) is 9.28. The predicted octanol–water partition coefficient (Wildman–Crippen LogP) is 4.29. The number of hydroxylamine groups is 1. The lowest BCUT2D eigenvalue weighted by molar-refractivity contribution is -0.122. The molecule has 3 rings (SSSR count). The summed E-state index contributed by atoms with van der Waals surface area (Å²) in [6.45, 7) is 0.645. The summed E-state index contributed by atoms with van der Waals surface area (Å²) in [5.74, 6) is 0. The van der Waals surface area contributed by atoms with E-state index in [0.717, 1.165) is 28.9 Å². The van der Waals surface area contributed by atoms with Gasteiger partial charge in [0.25, 0.3) is 0 Å². The number of carbonyl (C=O) groups excluding carboxylic acids is 1. The molecule has 2 heterocycles. The van der Waals surface area contributed by atoms with Crippen molar-refractivity contribution >= 4 is 17.4 Å². The zero-order chi connectivity index (χ0) is 21.7. The van der Waals surface area contributed by atoms with Crippen molar-refractivity contribution in [2.24, 2.45) is 0 Å². The van der Waals surface area contributed by atoms with Crippen LogP contribution in [0.3, 0.4) is 0 Å². The van der Waals surface area contributed by atoms with Crippen molar-refractivity contribution < 1.29 is 22.8 Å². The van der Waals surface area contributed by atoms with Crippen LogP contribution in [0.25, 0.3) is 16.9 Å². The Hall–Kier alpha value is -3.11. The molecule has 0 bridgehead atoms. The molecular formula is C20H22F3N5O2. The van der Waals surface area contributed by atoms with E-state index in [4.69, 9.17) is 4.84 Å². The number of hydrogen-bond acceptors (Lipinski definition) is 4. The fraction of sp³-hybridized carbons (Fsp3) is 0.300. The summed E-state index contributed by atoms with van der Waals surface area (Å²) >= 11 is 0. The number of nitrogens with zero attached hydrogens (tertiary/aromatic N) is 2. The summed E-state index contributed by atoms with van der Waals surface area (Å²) in [5.41, 5.74) is 6.61. The molecule has 0 aliphatic carbocycles. The van der Waals surface area contributed by atoms with E-state index in [1.807, 2.05) is 35.7 Å². The number of aromatic nitrogens is 2. The molecule has 10 heteroatoms. The van der Waals surface area contributed by atoms with E-state index < -0.39 is 18.8 Å². The number of imidazole rings is 1. The molecule has 0 saturated heterocycles. The van der Waals surface area contributed by atoms with Crippen molar-refractivity contribution in [3.63, 3.8) is 0 Å². The lowest BCUT2D eigenvalue weighted by atomic mass is 10.1. The first-order chi connectivity index (χ1) is 14.3. The van der Waals surface area contributed by atoms with E-state index in [0.29, 0.717) is 5.69 Å². The van der Waals surface area contributed by atoms with E-state index in [9.17, 15) is 18.0 Å². The van der Waals surface area contributed by atoms with E-state index >= 15 is 0 Å². The maximum atomic E-state index is 12.2. The lowest BCUT2D eigenvalue weighted by Gasteiger charge is -2.15. The number of urea groups is 1. The number of benzene rings is 1. The van der Waals surface area contributed by atoms with E-state index in [2.05, 4.69) is 15.8 Å². The Balaban J connectivity index is 1.81. The normalized spacial score (nSPS) is 12.7. The second-order valence-corrected chi connectivity index (χ2v) is 6.62. The third-order valence-corrected chi connectivity index (χ3v) is 4.47. The van der Waals surface area contributed by atoms with Gasteiger partial charge in [-0.1, -0.05) is 19.1 Å². The highest BCUT2D eigenvalue weighted by Crippen LogP contribution is 2.26. The molecule has 0 spiro atoms. The van der Waals surface area contributed by atoms with Crippen LogP contribution in [-0.4, -0.2) is 35.2 Å². The second-order valence-electron chi connectivity index (χ2n) is 6.62. The Morgan fingerprint density at radius 1 is 1.27 bits per heavy atom. The summed E-state index contributed by atoms with van der Waals surface area (Å²) in [5, 5.41) is 4.19. The van der Waals surface area contributed by atoms with Crippen LogP contribution in [0.2, 0.25) is 0 Å². The van der Waals surface area contributed by atoms with E-state index in [-0.39, 0.29) is 6.04 Å². The number of hydrogen-bond donors (Lipinski definition) is 3. The van der Waals surface area contributed by atoms with Gasteiger partial charge in [0.15, 0.2) is 0 Å². The van der Waals surface area contributed by atoms with Crippen molar-refractivity contribution in [1.82, 2.24) is 20.2 Å². The number of nitrogens with one attached hydrogen (secondary N) is 3. The van der Waals surface area contributed by atoms with Gasteiger partial charge in [0.05, 0.1) is 25.0 Å². The number of fused-ring (bicyclic) bond motifs is 1. The van der Waals surface area contributed by atoms with Crippen molar-refractivity contribution in [1.29, 1.82) is 0 Å². The predicted molar refractivity (Wildman–Crippen MR) is 107 cm³/mol. The topological polar surface area (TPSA) is 79.7 Å². The summed E-state index contributed by atoms with van der Waals surface area (Å²) in [7, 11) is 1.57. The van der Waals surface area contributed by atoms with Gasteiger partial charge in [-0.2, -0.15) is 18.7 Å². The number of halogens is 3. The van der Waals surface area contributed by atoms with E-state index in [1.165, 1.54) is 0 Å². The highest BCUT2D eigenvalue weighted by atomic mass is 19.4. The summed E-state index contributed by atoms with van der Waals surface area (Å²) in [6.07, 6.45) is -0.0401. The smallest absolute Gasteiger partial charge is 0.329 e. The third kappa shape index (κ3) is 5.28. The van der Waals surface area contributed by atoms with Crippen molar-refractivity contribution in [2.45, 2.75) is 25.6 Å². The molecule has 0 aliphatic heterocycles. The number of alkyl halides is 3. The number of amides is 2. The number of pyridine rings is 1. The Bertz CT molecular complexity index is 1020. The largest absolute Gasteiger partial charge is 0.405 e. The fourth-order valence-corrected chi connectivity index (χ4v) is 3.07. The molecule has 30 heavy (non-hydrogen) atoms. The maximum Gasteiger partial charge on any atom is 0.405 e. The van der Waals surface area contributed by atoms with Crippen LogP contribution < -0.4 is 16.1 Å². The Kier molecular flexibility index (Phi) is 6.58. The molecule has 3 aromatic rings. The molecule has 7 nitrogen and oxygen atoms in total. The lowest BCUT2D eigenvalue weighted by Crippen LogP contribution is -2.36. The summed E-state index contributed by atoms with van der Waals surface area (Å²) in [6, 6.07) is 9.83. The molecular weight excluding hydrogens is 399 g/mol. The van der Waals surface area contributed by atoms with Gasteiger partial charge in [-0.05, 0) is 36.2 Å². The van der Waals surface area contributed by atoms with Gasteiger partial charge in [-0.3, -0.25) is 4.40 Å². The monoisotopic (exact) mass is 421 g/mol. The summed E-state index contributed by atoms with van der Waals surface area (Å²) < 4.78 is 38.6. The van der Waals surface area contributed by atoms with E-state index in [1.54, 1.807) is 36.8 Å². The summed E-state index contributed by atoms with van der Waals surface area (Å²) in [4.78, 5) is 21.2. The molecule has 2 aromatic heterocycles. The zero-order valence-corrected chi connectivity index (χ0v) is 16.5. The van der Waals surface area contributed by atoms with Crippen LogP contribution in [0.4, 0.5) is 23.7 Å². The quantitative estimate of drug-likeness (QED) is 0.498. The van der Waals surface area contributed by atoms with Crippen LogP contribution >= 0.6 is 0 Å². The first-order valence-corrected chi connectivity index (χ1v) is 9.28. The van der Waals surface area contributed by atoms with Gasteiger partial charge < -0.3 is 15.5 Å². The highest BCUT2D eigenvalue weighted by molar-refractivity contribution is 5.90. The SMILES string of the molecule is CCC(NOC)c1ccn2c(-c3cccc(NC(=O)NCC(F)(F)F)c3)cnc2c1. The first kappa shape index (κ1) is 21.6. The van der Waals surface area contributed by atoms with Gasteiger partial charge in [-0.25, -0.2) is 9.78 Å². The minimum atomic E-state index is -4.47. The molecule has 0 saturated carbocycles. The van der Waals surface area contributed by atoms with Gasteiger partial charge >= 0.3 is 12.2 Å².